The van der Waals surface area contributed by atoms with Gasteiger partial charge in [0.25, 0.3) is 0 Å². The maximum atomic E-state index is 14.3. The van der Waals surface area contributed by atoms with Crippen LogP contribution < -0.4 is 5.32 Å². The van der Waals surface area contributed by atoms with Crippen LogP contribution in [0.1, 0.15) is 31.2 Å². The van der Waals surface area contributed by atoms with Crippen LogP contribution in [0.15, 0.2) is 28.5 Å². The van der Waals surface area contributed by atoms with E-state index < -0.39 is 16.0 Å². The van der Waals surface area contributed by atoms with Gasteiger partial charge in [0.2, 0.25) is 9.84 Å². The molecule has 6 heteroatoms. The summed E-state index contributed by atoms with van der Waals surface area (Å²) in [5.41, 5.74) is 2.26. The van der Waals surface area contributed by atoms with Gasteiger partial charge in [0, 0.05) is 18.5 Å². The third-order valence-corrected chi connectivity index (χ3v) is 6.84. The molecule has 0 amide bonds. The van der Waals surface area contributed by atoms with Crippen LogP contribution in [0.5, 0.6) is 0 Å². The van der Waals surface area contributed by atoms with E-state index in [1.807, 2.05) is 24.1 Å². The van der Waals surface area contributed by atoms with Crippen LogP contribution in [-0.2, 0) is 9.84 Å². The van der Waals surface area contributed by atoms with Crippen molar-refractivity contribution >= 4 is 21.1 Å². The number of piperidine rings is 1. The van der Waals surface area contributed by atoms with E-state index in [0.717, 1.165) is 24.1 Å². The molecular weight excluding hydrogens is 327 g/mol. The molecule has 4 rings (SSSR count). The number of alkyl halides is 1. The van der Waals surface area contributed by atoms with Crippen LogP contribution in [0.4, 0.5) is 10.1 Å². The first-order valence-electron chi connectivity index (χ1n) is 8.62. The average molecular weight is 350 g/mol. The van der Waals surface area contributed by atoms with Crippen LogP contribution in [0.25, 0.3) is 5.57 Å². The lowest BCUT2D eigenvalue weighted by atomic mass is 10.00. The Labute approximate surface area is 142 Å². The van der Waals surface area contributed by atoms with Crippen molar-refractivity contribution in [3.63, 3.8) is 0 Å². The Bertz CT molecular complexity index is 786. The molecule has 2 fully saturated rings. The molecule has 2 atom stereocenters. The molecule has 2 heterocycles. The Kier molecular flexibility index (Phi) is 3.92. The molecular formula is C18H23FN2O2S. The predicted molar refractivity (Wildman–Crippen MR) is 93.4 cm³/mol. The number of nitrogens with one attached hydrogen (secondary N) is 1. The first kappa shape index (κ1) is 16.1. The Morgan fingerprint density at radius 3 is 2.79 bits per heavy atom. The highest BCUT2D eigenvalue weighted by Crippen LogP contribution is 2.45. The molecule has 0 unspecified atom stereocenters. The monoisotopic (exact) mass is 350 g/mol. The second-order valence-corrected chi connectivity index (χ2v) is 9.07. The molecule has 1 saturated carbocycles. The van der Waals surface area contributed by atoms with Crippen molar-refractivity contribution in [1.82, 2.24) is 4.90 Å². The summed E-state index contributed by atoms with van der Waals surface area (Å²) in [6.07, 6.45) is 2.87. The Hall–Kier alpha value is -1.40. The minimum absolute atomic E-state index is 0.338. The predicted octanol–water partition coefficient (Wildman–Crippen LogP) is 3.07. The van der Waals surface area contributed by atoms with E-state index in [1.54, 1.807) is 6.07 Å². The number of rotatable bonds is 4. The smallest absolute Gasteiger partial charge is 0.202 e. The van der Waals surface area contributed by atoms with Crippen molar-refractivity contribution < 1.29 is 12.8 Å². The summed E-state index contributed by atoms with van der Waals surface area (Å²) in [6.45, 7) is 1.19. The summed E-state index contributed by atoms with van der Waals surface area (Å²) in [5, 5.41) is 4.60. The Morgan fingerprint density at radius 2 is 2.08 bits per heavy atom. The molecule has 3 aliphatic rings. The number of likely N-dealkylation sites (tertiary alicyclic amines) is 1. The molecule has 4 nitrogen and oxygen atoms in total. The van der Waals surface area contributed by atoms with Crippen molar-refractivity contribution in [2.75, 3.05) is 25.5 Å². The zero-order chi connectivity index (χ0) is 16.9. The van der Waals surface area contributed by atoms with E-state index in [9.17, 15) is 12.8 Å². The third-order valence-electron chi connectivity index (χ3n) is 5.23. The zero-order valence-electron chi connectivity index (χ0n) is 13.8. The molecule has 2 aliphatic heterocycles. The lowest BCUT2D eigenvalue weighted by Crippen LogP contribution is -2.46. The average Bonchev–Trinajstić information content (AvgIpc) is 3.28. The van der Waals surface area contributed by atoms with Gasteiger partial charge in [-0.1, -0.05) is 12.1 Å². The summed E-state index contributed by atoms with van der Waals surface area (Å²) in [5.74, 6) is 0.623. The maximum Gasteiger partial charge on any atom is 0.202 e. The SMILES string of the molecule is CN1CC[C@H](Nc2cccc3c2S(=O)(=O)C=C3CC2CC2)[C@@H](F)C1. The van der Waals surface area contributed by atoms with Gasteiger partial charge in [-0.2, -0.15) is 0 Å². The van der Waals surface area contributed by atoms with Crippen molar-refractivity contribution in [1.29, 1.82) is 0 Å². The summed E-state index contributed by atoms with van der Waals surface area (Å²) < 4.78 is 39.6. The standard InChI is InChI=1S/C18H23FN2O2S/c1-21-8-7-16(15(19)10-21)20-17-4-2-3-14-13(9-12-5-6-12)11-24(22,23)18(14)17/h2-4,11-12,15-16,20H,5-10H2,1H3/t15-,16-/m0/s1. The summed E-state index contributed by atoms with van der Waals surface area (Å²) in [6, 6.07) is 5.16. The number of sulfone groups is 1. The normalized spacial score (nSPS) is 29.2. The topological polar surface area (TPSA) is 49.4 Å². The molecule has 0 aromatic heterocycles. The van der Waals surface area contributed by atoms with E-state index in [4.69, 9.17) is 0 Å². The van der Waals surface area contributed by atoms with Crippen LogP contribution in [0.3, 0.4) is 0 Å². The quantitative estimate of drug-likeness (QED) is 0.907. The number of benzene rings is 1. The van der Waals surface area contributed by atoms with E-state index in [0.29, 0.717) is 29.5 Å². The first-order valence-corrected chi connectivity index (χ1v) is 10.2. The Balaban J connectivity index is 1.63. The van der Waals surface area contributed by atoms with Crippen molar-refractivity contribution in [3.05, 3.63) is 29.2 Å². The van der Waals surface area contributed by atoms with E-state index in [-0.39, 0.29) is 6.04 Å². The van der Waals surface area contributed by atoms with Gasteiger partial charge in [-0.05, 0) is 55.9 Å². The highest BCUT2D eigenvalue weighted by molar-refractivity contribution is 7.95. The van der Waals surface area contributed by atoms with Crippen molar-refractivity contribution in [3.8, 4) is 0 Å². The number of nitrogens with zero attached hydrogens (tertiary/aromatic N) is 1. The molecule has 130 valence electrons. The van der Waals surface area contributed by atoms with Gasteiger partial charge in [-0.15, -0.1) is 0 Å². The number of hydrogen-bond donors (Lipinski definition) is 1. The molecule has 0 bridgehead atoms. The maximum absolute atomic E-state index is 14.3. The fraction of sp³-hybridized carbons (Fsp3) is 0.556. The van der Waals surface area contributed by atoms with Crippen LogP contribution in [-0.4, -0.2) is 45.7 Å². The number of halogens is 1. The summed E-state index contributed by atoms with van der Waals surface area (Å²) in [4.78, 5) is 2.30. The molecule has 1 aliphatic carbocycles. The lowest BCUT2D eigenvalue weighted by Gasteiger charge is -2.33. The van der Waals surface area contributed by atoms with Gasteiger partial charge in [0.15, 0.2) is 0 Å². The van der Waals surface area contributed by atoms with Gasteiger partial charge in [0.1, 0.15) is 11.1 Å². The van der Waals surface area contributed by atoms with Crippen LogP contribution in [0, 0.1) is 5.92 Å². The first-order chi connectivity index (χ1) is 11.4. The highest BCUT2D eigenvalue weighted by atomic mass is 32.2. The molecule has 24 heavy (non-hydrogen) atoms. The molecule has 1 aromatic carbocycles. The third kappa shape index (κ3) is 2.97. The van der Waals surface area contributed by atoms with Gasteiger partial charge in [-0.25, -0.2) is 12.8 Å². The number of anilines is 1. The fourth-order valence-corrected chi connectivity index (χ4v) is 5.38. The largest absolute Gasteiger partial charge is 0.378 e. The zero-order valence-corrected chi connectivity index (χ0v) is 14.7. The number of allylic oxidation sites excluding steroid dienone is 1. The Morgan fingerprint density at radius 1 is 1.29 bits per heavy atom. The van der Waals surface area contributed by atoms with E-state index in [2.05, 4.69) is 5.32 Å². The van der Waals surface area contributed by atoms with Crippen molar-refractivity contribution in [2.45, 2.75) is 42.8 Å². The minimum Gasteiger partial charge on any atom is -0.378 e. The number of hydrogen-bond acceptors (Lipinski definition) is 4. The molecule has 0 spiro atoms. The molecule has 1 saturated heterocycles. The van der Waals surface area contributed by atoms with E-state index >= 15 is 0 Å². The van der Waals surface area contributed by atoms with Gasteiger partial charge >= 0.3 is 0 Å². The van der Waals surface area contributed by atoms with Crippen LogP contribution in [0.2, 0.25) is 0 Å². The molecule has 1 aromatic rings. The minimum atomic E-state index is -3.44. The van der Waals surface area contributed by atoms with Crippen LogP contribution >= 0.6 is 0 Å². The summed E-state index contributed by atoms with van der Waals surface area (Å²) in [7, 11) is -1.54. The van der Waals surface area contributed by atoms with Gasteiger partial charge < -0.3 is 10.2 Å². The van der Waals surface area contributed by atoms with E-state index in [1.165, 1.54) is 18.2 Å². The fourth-order valence-electron chi connectivity index (χ4n) is 3.73. The number of fused-ring (bicyclic) bond motifs is 1. The van der Waals surface area contributed by atoms with Gasteiger partial charge in [0.05, 0.1) is 11.7 Å². The van der Waals surface area contributed by atoms with Gasteiger partial charge in [-0.3, -0.25) is 0 Å². The highest BCUT2D eigenvalue weighted by Gasteiger charge is 2.35. The van der Waals surface area contributed by atoms with Crippen molar-refractivity contribution in [2.24, 2.45) is 5.92 Å². The second kappa shape index (κ2) is 5.85. The molecule has 1 N–H and O–H groups in total. The summed E-state index contributed by atoms with van der Waals surface area (Å²) >= 11 is 0. The second-order valence-electron chi connectivity index (χ2n) is 7.34. The lowest BCUT2D eigenvalue weighted by molar-refractivity contribution is 0.149. The molecule has 0 radical (unpaired) electrons.